The highest BCUT2D eigenvalue weighted by molar-refractivity contribution is 5.87. The molecule has 0 bridgehead atoms. The first-order valence-electron chi connectivity index (χ1n) is 8.33. The van der Waals surface area contributed by atoms with Crippen LogP contribution in [0.25, 0.3) is 0 Å². The Bertz CT molecular complexity index is 512. The summed E-state index contributed by atoms with van der Waals surface area (Å²) in [6.07, 6.45) is 2.83. The molecular weight excluding hydrogens is 276 g/mol. The number of hydrogen-bond acceptors (Lipinski definition) is 3. The lowest BCUT2D eigenvalue weighted by atomic mass is 10.0. The molecule has 1 aliphatic carbocycles. The summed E-state index contributed by atoms with van der Waals surface area (Å²) in [7, 11) is 0. The lowest BCUT2D eigenvalue weighted by molar-refractivity contribution is 0.0307. The molecule has 0 aromatic heterocycles. The van der Waals surface area contributed by atoms with E-state index >= 15 is 0 Å². The maximum Gasteiger partial charge on any atom is 0.335 e. The van der Waals surface area contributed by atoms with Gasteiger partial charge in [-0.25, -0.2) is 4.79 Å². The van der Waals surface area contributed by atoms with E-state index < -0.39 is 5.97 Å². The minimum atomic E-state index is -0.859. The van der Waals surface area contributed by atoms with Crippen molar-refractivity contribution in [1.29, 1.82) is 0 Å². The molecular formula is C18H26N2O2. The van der Waals surface area contributed by atoms with Crippen LogP contribution in [-0.4, -0.2) is 52.6 Å². The first-order valence-corrected chi connectivity index (χ1v) is 8.33. The average molecular weight is 302 g/mol. The van der Waals surface area contributed by atoms with Gasteiger partial charge >= 0.3 is 5.97 Å². The van der Waals surface area contributed by atoms with Gasteiger partial charge in [0.1, 0.15) is 0 Å². The Labute approximate surface area is 132 Å². The Hall–Kier alpha value is -1.39. The topological polar surface area (TPSA) is 43.8 Å². The van der Waals surface area contributed by atoms with Gasteiger partial charge in [-0.2, -0.15) is 0 Å². The Kier molecular flexibility index (Phi) is 4.50. The molecule has 2 atom stereocenters. The summed E-state index contributed by atoms with van der Waals surface area (Å²) < 4.78 is 0. The second-order valence-corrected chi connectivity index (χ2v) is 7.03. The molecule has 0 spiro atoms. The molecule has 1 heterocycles. The van der Waals surface area contributed by atoms with Crippen LogP contribution in [0.3, 0.4) is 0 Å². The van der Waals surface area contributed by atoms with E-state index in [2.05, 4.69) is 23.6 Å². The predicted molar refractivity (Wildman–Crippen MR) is 87.0 cm³/mol. The molecule has 22 heavy (non-hydrogen) atoms. The second kappa shape index (κ2) is 6.39. The molecule has 1 saturated heterocycles. The highest BCUT2D eigenvalue weighted by Gasteiger charge is 2.32. The van der Waals surface area contributed by atoms with E-state index in [9.17, 15) is 4.79 Å². The predicted octanol–water partition coefficient (Wildman–Crippen LogP) is 2.69. The Balaban J connectivity index is 1.60. The van der Waals surface area contributed by atoms with Crippen molar-refractivity contribution < 1.29 is 9.90 Å². The summed E-state index contributed by atoms with van der Waals surface area (Å²) in [5.74, 6) is 0.0940. The molecule has 1 aliphatic heterocycles. The van der Waals surface area contributed by atoms with Crippen molar-refractivity contribution in [1.82, 2.24) is 9.80 Å². The second-order valence-electron chi connectivity index (χ2n) is 7.03. The van der Waals surface area contributed by atoms with Crippen LogP contribution >= 0.6 is 0 Å². The quantitative estimate of drug-likeness (QED) is 0.908. The van der Waals surface area contributed by atoms with Crippen LogP contribution < -0.4 is 0 Å². The van der Waals surface area contributed by atoms with Crippen LogP contribution in [0, 0.1) is 5.92 Å². The molecule has 1 aromatic carbocycles. The zero-order chi connectivity index (χ0) is 15.7. The molecule has 4 heteroatoms. The van der Waals surface area contributed by atoms with Gasteiger partial charge in [-0.15, -0.1) is 0 Å². The van der Waals surface area contributed by atoms with Gasteiger partial charge in [-0.3, -0.25) is 9.80 Å². The van der Waals surface area contributed by atoms with Crippen molar-refractivity contribution in [3.05, 3.63) is 35.4 Å². The van der Waals surface area contributed by atoms with E-state index in [1.165, 1.54) is 24.9 Å². The smallest absolute Gasteiger partial charge is 0.335 e. The first-order chi connectivity index (χ1) is 10.5. The normalized spacial score (nSPS) is 27.0. The molecule has 2 aliphatic rings. The maximum atomic E-state index is 10.9. The number of rotatable bonds is 5. The van der Waals surface area contributed by atoms with Gasteiger partial charge in [0.2, 0.25) is 0 Å². The van der Waals surface area contributed by atoms with Crippen molar-refractivity contribution in [2.45, 2.75) is 45.3 Å². The van der Waals surface area contributed by atoms with E-state index in [1.54, 1.807) is 12.1 Å². The van der Waals surface area contributed by atoms with Gasteiger partial charge in [0.25, 0.3) is 0 Å². The van der Waals surface area contributed by atoms with Crippen molar-refractivity contribution in [3.63, 3.8) is 0 Å². The molecule has 3 rings (SSSR count). The first kappa shape index (κ1) is 15.5. The van der Waals surface area contributed by atoms with Crippen LogP contribution in [0.2, 0.25) is 0 Å². The molecule has 2 fully saturated rings. The van der Waals surface area contributed by atoms with Crippen molar-refractivity contribution in [3.8, 4) is 0 Å². The Morgan fingerprint density at radius 1 is 1.14 bits per heavy atom. The minimum absolute atomic E-state index is 0.360. The van der Waals surface area contributed by atoms with Crippen LogP contribution in [0.4, 0.5) is 0 Å². The lowest BCUT2D eigenvalue weighted by Gasteiger charge is -2.44. The van der Waals surface area contributed by atoms with Gasteiger partial charge in [-0.05, 0) is 50.3 Å². The van der Waals surface area contributed by atoms with Gasteiger partial charge in [-0.1, -0.05) is 12.1 Å². The monoisotopic (exact) mass is 302 g/mol. The summed E-state index contributed by atoms with van der Waals surface area (Å²) in [5, 5.41) is 8.97. The summed E-state index contributed by atoms with van der Waals surface area (Å²) in [5.41, 5.74) is 1.55. The lowest BCUT2D eigenvalue weighted by Crippen LogP contribution is -2.56. The van der Waals surface area contributed by atoms with E-state index in [0.29, 0.717) is 17.6 Å². The fourth-order valence-electron chi connectivity index (χ4n) is 3.56. The van der Waals surface area contributed by atoms with E-state index in [0.717, 1.165) is 25.6 Å². The van der Waals surface area contributed by atoms with Crippen molar-refractivity contribution in [2.24, 2.45) is 5.92 Å². The third kappa shape index (κ3) is 3.68. The van der Waals surface area contributed by atoms with Crippen LogP contribution in [0.1, 0.15) is 42.6 Å². The SMILES string of the molecule is C[C@@H]1CN(CC2CC2)C[C@H](C)N1Cc1ccc(C(=O)O)cc1. The Morgan fingerprint density at radius 3 is 2.23 bits per heavy atom. The molecule has 120 valence electrons. The molecule has 1 aromatic rings. The molecule has 0 amide bonds. The van der Waals surface area contributed by atoms with Gasteiger partial charge in [0, 0.05) is 38.3 Å². The number of carboxylic acids is 1. The van der Waals surface area contributed by atoms with E-state index in [1.807, 2.05) is 12.1 Å². The highest BCUT2D eigenvalue weighted by Crippen LogP contribution is 2.31. The highest BCUT2D eigenvalue weighted by atomic mass is 16.4. The average Bonchev–Trinajstić information content (AvgIpc) is 3.27. The van der Waals surface area contributed by atoms with E-state index in [-0.39, 0.29) is 0 Å². The molecule has 1 saturated carbocycles. The maximum absolute atomic E-state index is 10.9. The number of hydrogen-bond donors (Lipinski definition) is 1. The zero-order valence-electron chi connectivity index (χ0n) is 13.5. The number of piperazine rings is 1. The number of nitrogens with zero attached hydrogens (tertiary/aromatic N) is 2. The fraction of sp³-hybridized carbons (Fsp3) is 0.611. The molecule has 4 nitrogen and oxygen atoms in total. The summed E-state index contributed by atoms with van der Waals surface area (Å²) >= 11 is 0. The third-order valence-corrected chi connectivity index (χ3v) is 4.96. The van der Waals surface area contributed by atoms with E-state index in [4.69, 9.17) is 5.11 Å². The fourth-order valence-corrected chi connectivity index (χ4v) is 3.56. The number of carbonyl (C=O) groups is 1. The third-order valence-electron chi connectivity index (χ3n) is 4.96. The zero-order valence-corrected chi connectivity index (χ0v) is 13.5. The summed E-state index contributed by atoms with van der Waals surface area (Å²) in [4.78, 5) is 16.1. The number of aromatic carboxylic acids is 1. The largest absolute Gasteiger partial charge is 0.478 e. The molecule has 1 N–H and O–H groups in total. The van der Waals surface area contributed by atoms with Crippen LogP contribution in [0.15, 0.2) is 24.3 Å². The van der Waals surface area contributed by atoms with Crippen molar-refractivity contribution in [2.75, 3.05) is 19.6 Å². The number of benzene rings is 1. The number of carboxylic acid groups (broad SMARTS) is 1. The molecule has 0 unspecified atom stereocenters. The van der Waals surface area contributed by atoms with Crippen LogP contribution in [-0.2, 0) is 6.54 Å². The Morgan fingerprint density at radius 2 is 1.73 bits per heavy atom. The van der Waals surface area contributed by atoms with Gasteiger partial charge in [0.15, 0.2) is 0 Å². The minimum Gasteiger partial charge on any atom is -0.478 e. The summed E-state index contributed by atoms with van der Waals surface area (Å²) in [6.45, 7) is 9.08. The van der Waals surface area contributed by atoms with Gasteiger partial charge < -0.3 is 5.11 Å². The van der Waals surface area contributed by atoms with Crippen molar-refractivity contribution >= 4 is 5.97 Å². The molecule has 0 radical (unpaired) electrons. The van der Waals surface area contributed by atoms with Gasteiger partial charge in [0.05, 0.1) is 5.56 Å². The summed E-state index contributed by atoms with van der Waals surface area (Å²) in [6, 6.07) is 8.38. The standard InChI is InChI=1S/C18H26N2O2/c1-13-9-19(11-15-3-4-15)10-14(2)20(13)12-16-5-7-17(8-6-16)18(21)22/h5-8,13-15H,3-4,9-12H2,1-2H3,(H,21,22)/t13-,14+. The van der Waals surface area contributed by atoms with Crippen LogP contribution in [0.5, 0.6) is 0 Å².